The van der Waals surface area contributed by atoms with Crippen LogP contribution in [0.25, 0.3) is 0 Å². The number of methoxy groups -OCH3 is 1. The summed E-state index contributed by atoms with van der Waals surface area (Å²) in [6.45, 7) is 4.47. The fourth-order valence-electron chi connectivity index (χ4n) is 2.76. The number of nitrogens with one attached hydrogen (secondary N) is 1. The van der Waals surface area contributed by atoms with Crippen molar-refractivity contribution in [1.82, 2.24) is 10.2 Å². The minimum atomic E-state index is 0.223. The van der Waals surface area contributed by atoms with E-state index in [1.165, 1.54) is 6.42 Å². The number of ether oxygens (including phenoxy) is 1. The van der Waals surface area contributed by atoms with E-state index in [1.54, 1.807) is 7.11 Å². The van der Waals surface area contributed by atoms with E-state index in [4.69, 9.17) is 4.74 Å². The second-order valence-electron chi connectivity index (χ2n) is 4.94. The van der Waals surface area contributed by atoms with Crippen molar-refractivity contribution in [2.75, 3.05) is 39.9 Å². The lowest BCUT2D eigenvalue weighted by Gasteiger charge is -2.33. The van der Waals surface area contributed by atoms with Crippen LogP contribution in [0.2, 0.25) is 0 Å². The molecule has 2 fully saturated rings. The molecule has 0 saturated carbocycles. The first-order chi connectivity index (χ1) is 7.81. The van der Waals surface area contributed by atoms with E-state index >= 15 is 0 Å². The third kappa shape index (κ3) is 2.74. The van der Waals surface area contributed by atoms with E-state index in [2.05, 4.69) is 5.32 Å². The number of hydrogen-bond acceptors (Lipinski definition) is 3. The molecule has 2 rings (SSSR count). The molecular weight excluding hydrogens is 204 g/mol. The molecule has 92 valence electrons. The fourth-order valence-corrected chi connectivity index (χ4v) is 2.76. The fraction of sp³-hybridized carbons (Fsp3) is 0.917. The van der Waals surface area contributed by atoms with Crippen molar-refractivity contribution in [1.29, 1.82) is 0 Å². The van der Waals surface area contributed by atoms with Crippen molar-refractivity contribution in [3.63, 3.8) is 0 Å². The Hall–Kier alpha value is -0.610. The summed E-state index contributed by atoms with van der Waals surface area (Å²) < 4.78 is 5.18. The lowest BCUT2D eigenvalue weighted by Crippen LogP contribution is -2.44. The predicted molar refractivity (Wildman–Crippen MR) is 62.2 cm³/mol. The van der Waals surface area contributed by atoms with Crippen molar-refractivity contribution in [3.8, 4) is 0 Å². The molecule has 0 aromatic rings. The van der Waals surface area contributed by atoms with Gasteiger partial charge < -0.3 is 15.0 Å². The number of amides is 1. The van der Waals surface area contributed by atoms with E-state index in [1.807, 2.05) is 4.90 Å². The molecule has 4 nitrogen and oxygen atoms in total. The second-order valence-corrected chi connectivity index (χ2v) is 4.94. The summed E-state index contributed by atoms with van der Waals surface area (Å²) in [5, 5.41) is 3.26. The molecule has 2 aliphatic rings. The van der Waals surface area contributed by atoms with Gasteiger partial charge in [0.15, 0.2) is 0 Å². The molecule has 2 aliphatic heterocycles. The van der Waals surface area contributed by atoms with Gasteiger partial charge in [-0.15, -0.1) is 0 Å². The molecular formula is C12H22N2O2. The molecule has 0 radical (unpaired) electrons. The van der Waals surface area contributed by atoms with Crippen molar-refractivity contribution in [2.24, 2.45) is 11.8 Å². The highest BCUT2D eigenvalue weighted by Gasteiger charge is 2.30. The molecule has 1 N–H and O–H groups in total. The molecule has 0 aromatic heterocycles. The summed E-state index contributed by atoms with van der Waals surface area (Å²) in [5.41, 5.74) is 0. The van der Waals surface area contributed by atoms with Gasteiger partial charge in [-0.25, -0.2) is 0 Å². The first kappa shape index (κ1) is 11.9. The van der Waals surface area contributed by atoms with Gasteiger partial charge in [-0.05, 0) is 31.7 Å². The van der Waals surface area contributed by atoms with E-state index < -0.39 is 0 Å². The highest BCUT2D eigenvalue weighted by molar-refractivity contribution is 5.79. The molecule has 4 heteroatoms. The smallest absolute Gasteiger partial charge is 0.227 e. The number of carbonyl (C=O) groups is 1. The van der Waals surface area contributed by atoms with Crippen LogP contribution in [0, 0.1) is 11.8 Å². The van der Waals surface area contributed by atoms with Gasteiger partial charge in [-0.3, -0.25) is 4.79 Å². The third-order valence-corrected chi connectivity index (χ3v) is 3.64. The molecule has 16 heavy (non-hydrogen) atoms. The molecule has 2 heterocycles. The Bertz CT molecular complexity index is 237. The van der Waals surface area contributed by atoms with E-state index in [0.29, 0.717) is 11.8 Å². The third-order valence-electron chi connectivity index (χ3n) is 3.64. The van der Waals surface area contributed by atoms with Gasteiger partial charge in [-0.2, -0.15) is 0 Å². The number of carbonyl (C=O) groups excluding carboxylic acids is 1. The van der Waals surface area contributed by atoms with Crippen LogP contribution in [0.3, 0.4) is 0 Å². The number of hydrogen-bond donors (Lipinski definition) is 1. The van der Waals surface area contributed by atoms with Gasteiger partial charge in [0.05, 0.1) is 12.5 Å². The number of piperidine rings is 1. The van der Waals surface area contributed by atoms with Crippen molar-refractivity contribution < 1.29 is 9.53 Å². The molecule has 1 amide bonds. The van der Waals surface area contributed by atoms with Crippen molar-refractivity contribution >= 4 is 5.91 Å². The predicted octanol–water partition coefficient (Wildman–Crippen LogP) is 0.481. The van der Waals surface area contributed by atoms with Crippen LogP contribution in [0.15, 0.2) is 0 Å². The van der Waals surface area contributed by atoms with Gasteiger partial charge in [0, 0.05) is 26.7 Å². The molecule has 2 saturated heterocycles. The summed E-state index contributed by atoms with van der Waals surface area (Å²) in [6.07, 6.45) is 3.32. The molecule has 0 spiro atoms. The highest BCUT2D eigenvalue weighted by Crippen LogP contribution is 2.20. The van der Waals surface area contributed by atoms with Crippen LogP contribution >= 0.6 is 0 Å². The minimum Gasteiger partial charge on any atom is -0.384 e. The standard InChI is InChI=1S/C12H22N2O2/c1-16-9-10-3-2-6-14(8-10)12(15)11-4-5-13-7-11/h10-11,13H,2-9H2,1H3/t10-,11-/m1/s1. The summed E-state index contributed by atoms with van der Waals surface area (Å²) in [7, 11) is 1.74. The topological polar surface area (TPSA) is 41.6 Å². The first-order valence-corrected chi connectivity index (χ1v) is 6.29. The van der Waals surface area contributed by atoms with E-state index in [9.17, 15) is 4.79 Å². The van der Waals surface area contributed by atoms with Crippen LogP contribution in [-0.4, -0.2) is 50.7 Å². The van der Waals surface area contributed by atoms with Gasteiger partial charge in [0.25, 0.3) is 0 Å². The number of nitrogens with zero attached hydrogens (tertiary/aromatic N) is 1. The maximum absolute atomic E-state index is 12.2. The van der Waals surface area contributed by atoms with Gasteiger partial charge in [0.1, 0.15) is 0 Å². The lowest BCUT2D eigenvalue weighted by molar-refractivity contribution is -0.137. The maximum Gasteiger partial charge on any atom is 0.227 e. The molecule has 2 atom stereocenters. The Morgan fingerprint density at radius 2 is 2.38 bits per heavy atom. The molecule has 0 aliphatic carbocycles. The molecule has 0 bridgehead atoms. The summed E-state index contributed by atoms with van der Waals surface area (Å²) in [6, 6.07) is 0. The highest BCUT2D eigenvalue weighted by atomic mass is 16.5. The summed E-state index contributed by atoms with van der Waals surface area (Å²) in [5.74, 6) is 1.11. The largest absolute Gasteiger partial charge is 0.384 e. The average Bonchev–Trinajstić information content (AvgIpc) is 2.82. The molecule has 0 aromatic carbocycles. The van der Waals surface area contributed by atoms with Gasteiger partial charge in [-0.1, -0.05) is 0 Å². The lowest BCUT2D eigenvalue weighted by atomic mass is 9.97. The van der Waals surface area contributed by atoms with E-state index in [-0.39, 0.29) is 5.92 Å². The summed E-state index contributed by atoms with van der Waals surface area (Å²) >= 11 is 0. The number of likely N-dealkylation sites (tertiary alicyclic amines) is 1. The molecule has 0 unspecified atom stereocenters. The van der Waals surface area contributed by atoms with Crippen molar-refractivity contribution in [3.05, 3.63) is 0 Å². The Labute approximate surface area is 97.3 Å². The normalized spacial score (nSPS) is 30.7. The van der Waals surface area contributed by atoms with Crippen LogP contribution in [-0.2, 0) is 9.53 Å². The SMILES string of the molecule is COC[C@@H]1CCCN(C(=O)[C@@H]2CCNC2)C1. The monoisotopic (exact) mass is 226 g/mol. The van der Waals surface area contributed by atoms with Crippen LogP contribution in [0.5, 0.6) is 0 Å². The Morgan fingerprint density at radius 3 is 3.06 bits per heavy atom. The second kappa shape index (κ2) is 5.64. The summed E-state index contributed by atoms with van der Waals surface area (Å²) in [4.78, 5) is 14.2. The zero-order chi connectivity index (χ0) is 11.4. The van der Waals surface area contributed by atoms with Crippen LogP contribution < -0.4 is 5.32 Å². The van der Waals surface area contributed by atoms with Crippen LogP contribution in [0.1, 0.15) is 19.3 Å². The minimum absolute atomic E-state index is 0.223. The quantitative estimate of drug-likeness (QED) is 0.761. The first-order valence-electron chi connectivity index (χ1n) is 6.29. The van der Waals surface area contributed by atoms with Crippen molar-refractivity contribution in [2.45, 2.75) is 19.3 Å². The Morgan fingerprint density at radius 1 is 1.50 bits per heavy atom. The Balaban J connectivity index is 1.85. The Kier molecular flexibility index (Phi) is 4.18. The van der Waals surface area contributed by atoms with Gasteiger partial charge >= 0.3 is 0 Å². The zero-order valence-electron chi connectivity index (χ0n) is 10.1. The van der Waals surface area contributed by atoms with Gasteiger partial charge in [0.2, 0.25) is 5.91 Å². The number of rotatable bonds is 3. The van der Waals surface area contributed by atoms with Crippen LogP contribution in [0.4, 0.5) is 0 Å². The zero-order valence-corrected chi connectivity index (χ0v) is 10.1. The maximum atomic E-state index is 12.2. The van der Waals surface area contributed by atoms with E-state index in [0.717, 1.165) is 45.6 Å². The average molecular weight is 226 g/mol.